The molecule has 0 spiro atoms. The Balaban J connectivity index is 1.82. The fraction of sp³-hybridized carbons (Fsp3) is 0.136. The van der Waals surface area contributed by atoms with E-state index >= 15 is 0 Å². The molecule has 34 heavy (non-hydrogen) atoms. The molecule has 0 heterocycles. The Bertz CT molecular complexity index is 1310. The van der Waals surface area contributed by atoms with Crippen molar-refractivity contribution >= 4 is 33.3 Å². The van der Waals surface area contributed by atoms with Gasteiger partial charge in [0.25, 0.3) is 15.7 Å². The van der Waals surface area contributed by atoms with Gasteiger partial charge in [-0.25, -0.2) is 8.42 Å². The molecule has 0 aliphatic heterocycles. The van der Waals surface area contributed by atoms with Gasteiger partial charge in [0, 0.05) is 17.3 Å². The van der Waals surface area contributed by atoms with Crippen molar-refractivity contribution in [3.63, 3.8) is 0 Å². The van der Waals surface area contributed by atoms with Gasteiger partial charge in [0.15, 0.2) is 11.5 Å². The number of hydrogen-bond donors (Lipinski definition) is 3. The number of phenols is 1. The zero-order valence-electron chi connectivity index (χ0n) is 18.3. The first kappa shape index (κ1) is 24.3. The Hall–Kier alpha value is -4.32. The fourth-order valence-corrected chi connectivity index (χ4v) is 3.96. The maximum atomic E-state index is 12.7. The topological polar surface area (TPSA) is 152 Å². The van der Waals surface area contributed by atoms with E-state index in [-0.39, 0.29) is 27.8 Å². The number of sulfonamides is 1. The molecule has 0 fully saturated rings. The highest BCUT2D eigenvalue weighted by atomic mass is 32.2. The van der Waals surface area contributed by atoms with Crippen LogP contribution in [0, 0.1) is 10.1 Å². The number of rotatable bonds is 10. The van der Waals surface area contributed by atoms with Gasteiger partial charge in [-0.05, 0) is 55.5 Å². The lowest BCUT2D eigenvalue weighted by atomic mass is 10.2. The summed E-state index contributed by atoms with van der Waals surface area (Å²) in [7, 11) is -2.61. The van der Waals surface area contributed by atoms with Gasteiger partial charge in [0.2, 0.25) is 0 Å². The third-order valence-electron chi connectivity index (χ3n) is 4.54. The molecule has 0 saturated heterocycles. The molecule has 0 aliphatic rings. The molecule has 3 N–H and O–H groups in total. The zero-order chi connectivity index (χ0) is 24.7. The number of methoxy groups -OCH3 is 1. The summed E-state index contributed by atoms with van der Waals surface area (Å²) in [4.78, 5) is 10.5. The van der Waals surface area contributed by atoms with Gasteiger partial charge < -0.3 is 14.6 Å². The highest BCUT2D eigenvalue weighted by molar-refractivity contribution is 7.92. The summed E-state index contributed by atoms with van der Waals surface area (Å²) in [5, 5.41) is 25.7. The van der Waals surface area contributed by atoms with Crippen molar-refractivity contribution in [2.75, 3.05) is 23.9 Å². The van der Waals surface area contributed by atoms with Crippen LogP contribution in [0.25, 0.3) is 0 Å². The molecule has 11 nitrogen and oxygen atoms in total. The predicted molar refractivity (Wildman–Crippen MR) is 127 cm³/mol. The van der Waals surface area contributed by atoms with Crippen molar-refractivity contribution in [1.82, 2.24) is 0 Å². The normalized spacial score (nSPS) is 11.2. The minimum atomic E-state index is -4.09. The first-order chi connectivity index (χ1) is 16.2. The van der Waals surface area contributed by atoms with E-state index in [0.29, 0.717) is 17.9 Å². The van der Waals surface area contributed by atoms with Crippen LogP contribution in [0.15, 0.2) is 70.7 Å². The third kappa shape index (κ3) is 5.72. The molecule has 0 amide bonds. The molecule has 0 aliphatic carbocycles. The number of anilines is 2. The van der Waals surface area contributed by atoms with Gasteiger partial charge >= 0.3 is 0 Å². The molecule has 12 heteroatoms. The maximum absolute atomic E-state index is 12.7. The summed E-state index contributed by atoms with van der Waals surface area (Å²) in [5.41, 5.74) is 2.57. The lowest BCUT2D eigenvalue weighted by Crippen LogP contribution is -2.13. The zero-order valence-corrected chi connectivity index (χ0v) is 19.1. The monoisotopic (exact) mass is 486 g/mol. The standard InChI is InChI=1S/C22H22N4O7S/c1-3-33-21-6-4-5-15(22(21)27)14-23-24-19-12-11-18(13-20(19)26(28)29)34(30,31)25-16-7-9-17(32-2)10-8-16/h4-14,24-25,27H,3H2,1-2H3/b23-14+. The quantitative estimate of drug-likeness (QED) is 0.221. The van der Waals surface area contributed by atoms with Crippen LogP contribution in [-0.4, -0.2) is 38.4 Å². The number of aromatic hydroxyl groups is 1. The molecule has 0 aromatic heterocycles. The highest BCUT2D eigenvalue weighted by Crippen LogP contribution is 2.30. The molecule has 178 valence electrons. The van der Waals surface area contributed by atoms with E-state index in [1.54, 1.807) is 37.3 Å². The van der Waals surface area contributed by atoms with Crippen LogP contribution < -0.4 is 19.6 Å². The van der Waals surface area contributed by atoms with Crippen molar-refractivity contribution in [2.24, 2.45) is 5.10 Å². The van der Waals surface area contributed by atoms with Gasteiger partial charge in [-0.15, -0.1) is 0 Å². The lowest BCUT2D eigenvalue weighted by molar-refractivity contribution is -0.384. The van der Waals surface area contributed by atoms with Crippen LogP contribution in [0.4, 0.5) is 17.1 Å². The number of hydrogen-bond acceptors (Lipinski definition) is 9. The highest BCUT2D eigenvalue weighted by Gasteiger charge is 2.21. The van der Waals surface area contributed by atoms with Gasteiger partial charge in [-0.3, -0.25) is 20.3 Å². The van der Waals surface area contributed by atoms with E-state index in [1.807, 2.05) is 0 Å². The van der Waals surface area contributed by atoms with E-state index in [0.717, 1.165) is 6.07 Å². The van der Waals surface area contributed by atoms with Gasteiger partial charge in [-0.2, -0.15) is 5.10 Å². The Kier molecular flexibility index (Phi) is 7.53. The molecule has 3 aromatic carbocycles. The summed E-state index contributed by atoms with van der Waals surface area (Å²) in [5.74, 6) is 0.694. The van der Waals surface area contributed by atoms with E-state index in [9.17, 15) is 23.6 Å². The number of nitro groups is 1. The second kappa shape index (κ2) is 10.5. The van der Waals surface area contributed by atoms with Crippen LogP contribution in [0.3, 0.4) is 0 Å². The Morgan fingerprint density at radius 3 is 2.53 bits per heavy atom. The van der Waals surface area contributed by atoms with Crippen molar-refractivity contribution in [3.8, 4) is 17.2 Å². The molecular weight excluding hydrogens is 464 g/mol. The van der Waals surface area contributed by atoms with Gasteiger partial charge in [0.05, 0.1) is 29.8 Å². The summed E-state index contributed by atoms with van der Waals surface area (Å²) < 4.78 is 38.1. The number of nitro benzene ring substituents is 1. The second-order valence-corrected chi connectivity index (χ2v) is 8.45. The van der Waals surface area contributed by atoms with Crippen LogP contribution >= 0.6 is 0 Å². The molecular formula is C22H22N4O7S. The van der Waals surface area contributed by atoms with Crippen LogP contribution in [0.5, 0.6) is 17.2 Å². The minimum Gasteiger partial charge on any atom is -0.504 e. The van der Waals surface area contributed by atoms with E-state index < -0.39 is 20.6 Å². The summed E-state index contributed by atoms with van der Waals surface area (Å²) in [6.45, 7) is 2.14. The van der Waals surface area contributed by atoms with Gasteiger partial charge in [-0.1, -0.05) is 6.07 Å². The minimum absolute atomic E-state index is 0.0369. The fourth-order valence-electron chi connectivity index (χ4n) is 2.88. The first-order valence-corrected chi connectivity index (χ1v) is 11.4. The Labute approximate surface area is 195 Å². The molecule has 0 atom stereocenters. The Morgan fingerprint density at radius 1 is 1.15 bits per heavy atom. The number of para-hydroxylation sites is 1. The molecule has 0 bridgehead atoms. The lowest BCUT2D eigenvalue weighted by Gasteiger charge is -2.10. The predicted octanol–water partition coefficient (Wildman–Crippen LogP) is 3.95. The largest absolute Gasteiger partial charge is 0.504 e. The first-order valence-electron chi connectivity index (χ1n) is 9.94. The van der Waals surface area contributed by atoms with Crippen LogP contribution in [0.2, 0.25) is 0 Å². The summed E-state index contributed by atoms with van der Waals surface area (Å²) >= 11 is 0. The number of benzene rings is 3. The molecule has 3 rings (SSSR count). The number of hydrazone groups is 1. The van der Waals surface area contributed by atoms with Gasteiger partial charge in [0.1, 0.15) is 11.4 Å². The maximum Gasteiger partial charge on any atom is 0.295 e. The SMILES string of the molecule is CCOc1cccc(/C=N/Nc2ccc(S(=O)(=O)Nc3ccc(OC)cc3)cc2[N+](=O)[O-])c1O. The average Bonchev–Trinajstić information content (AvgIpc) is 2.81. The van der Waals surface area contributed by atoms with Crippen molar-refractivity contribution in [1.29, 1.82) is 0 Å². The van der Waals surface area contributed by atoms with Crippen molar-refractivity contribution in [3.05, 3.63) is 76.3 Å². The molecule has 0 unspecified atom stereocenters. The molecule has 3 aromatic rings. The number of nitrogens with one attached hydrogen (secondary N) is 2. The Morgan fingerprint density at radius 2 is 1.88 bits per heavy atom. The average molecular weight is 487 g/mol. The second-order valence-electron chi connectivity index (χ2n) is 6.77. The molecule has 0 saturated carbocycles. The third-order valence-corrected chi connectivity index (χ3v) is 5.92. The van der Waals surface area contributed by atoms with Crippen molar-refractivity contribution in [2.45, 2.75) is 11.8 Å². The van der Waals surface area contributed by atoms with E-state index in [1.165, 1.54) is 37.6 Å². The van der Waals surface area contributed by atoms with Crippen LogP contribution in [0.1, 0.15) is 12.5 Å². The van der Waals surface area contributed by atoms with E-state index in [4.69, 9.17) is 9.47 Å². The molecule has 0 radical (unpaired) electrons. The number of ether oxygens (including phenoxy) is 2. The van der Waals surface area contributed by atoms with Crippen LogP contribution in [-0.2, 0) is 10.0 Å². The van der Waals surface area contributed by atoms with E-state index in [2.05, 4.69) is 15.2 Å². The van der Waals surface area contributed by atoms with Crippen molar-refractivity contribution < 1.29 is 27.9 Å². The summed E-state index contributed by atoms with van der Waals surface area (Å²) in [6, 6.07) is 14.4. The number of phenolic OH excluding ortho intramolecular Hbond substituents is 1. The number of nitrogens with zero attached hydrogens (tertiary/aromatic N) is 2. The smallest absolute Gasteiger partial charge is 0.295 e. The summed E-state index contributed by atoms with van der Waals surface area (Å²) in [6.07, 6.45) is 1.26.